The fourth-order valence-electron chi connectivity index (χ4n) is 2.22. The Morgan fingerprint density at radius 3 is 3.07 bits per heavy atom. The average Bonchev–Trinajstić information content (AvgIpc) is 2.29. The molecule has 74 valence electrons. The normalized spacial score (nSPS) is 22.5. The third kappa shape index (κ3) is 1.33. The van der Waals surface area contributed by atoms with Crippen molar-refractivity contribution in [3.05, 3.63) is 46.9 Å². The van der Waals surface area contributed by atoms with Crippen LogP contribution >= 0.6 is 12.2 Å². The van der Waals surface area contributed by atoms with Gasteiger partial charge in [-0.05, 0) is 28.5 Å². The minimum absolute atomic E-state index is 0.236. The fourth-order valence-corrected chi connectivity index (χ4v) is 2.53. The molecule has 3 rings (SSSR count). The molecule has 2 heteroatoms. The number of hydrogen-bond donors (Lipinski definition) is 1. The van der Waals surface area contributed by atoms with Gasteiger partial charge in [-0.25, -0.2) is 0 Å². The first-order chi connectivity index (χ1) is 7.36. The van der Waals surface area contributed by atoms with Crippen molar-refractivity contribution >= 4 is 28.9 Å². The van der Waals surface area contributed by atoms with Crippen LogP contribution in [0.4, 0.5) is 0 Å². The van der Waals surface area contributed by atoms with Crippen LogP contribution in [0.25, 0.3) is 11.8 Å². The molecule has 0 amide bonds. The minimum Gasteiger partial charge on any atom is -0.379 e. The molecule has 0 saturated heterocycles. The molecular formula is C13H11NS. The van der Waals surface area contributed by atoms with Crippen LogP contribution in [-0.2, 0) is 0 Å². The van der Waals surface area contributed by atoms with Crippen molar-refractivity contribution in [1.29, 1.82) is 0 Å². The van der Waals surface area contributed by atoms with Crippen LogP contribution in [0.15, 0.2) is 36.4 Å². The quantitative estimate of drug-likeness (QED) is 0.642. The maximum absolute atomic E-state index is 5.34. The molecule has 0 aromatic heterocycles. The van der Waals surface area contributed by atoms with Crippen LogP contribution < -0.4 is 15.8 Å². The van der Waals surface area contributed by atoms with Gasteiger partial charge in [0.2, 0.25) is 0 Å². The Balaban J connectivity index is 2.35. The summed E-state index contributed by atoms with van der Waals surface area (Å²) in [4.78, 5) is 0.988. The highest BCUT2D eigenvalue weighted by molar-refractivity contribution is 7.81. The zero-order valence-corrected chi connectivity index (χ0v) is 9.05. The van der Waals surface area contributed by atoms with Crippen molar-refractivity contribution in [1.82, 2.24) is 5.32 Å². The molecule has 1 aliphatic heterocycles. The molecule has 1 nitrogen and oxygen atoms in total. The Labute approximate surface area is 93.8 Å². The maximum atomic E-state index is 5.34. The Bertz CT molecular complexity index is 568. The molecule has 1 aromatic carbocycles. The van der Waals surface area contributed by atoms with Crippen molar-refractivity contribution in [3.63, 3.8) is 0 Å². The van der Waals surface area contributed by atoms with E-state index in [4.69, 9.17) is 12.2 Å². The Morgan fingerprint density at radius 1 is 1.27 bits per heavy atom. The van der Waals surface area contributed by atoms with Gasteiger partial charge in [0.15, 0.2) is 0 Å². The van der Waals surface area contributed by atoms with E-state index in [1.165, 1.54) is 16.0 Å². The van der Waals surface area contributed by atoms with Crippen molar-refractivity contribution in [2.45, 2.75) is 12.5 Å². The lowest BCUT2D eigenvalue weighted by molar-refractivity contribution is 0.896. The van der Waals surface area contributed by atoms with Crippen LogP contribution in [0.5, 0.6) is 0 Å². The predicted molar refractivity (Wildman–Crippen MR) is 66.8 cm³/mol. The monoisotopic (exact) mass is 213 g/mol. The van der Waals surface area contributed by atoms with E-state index in [0.717, 1.165) is 11.3 Å². The van der Waals surface area contributed by atoms with E-state index in [-0.39, 0.29) is 6.04 Å². The predicted octanol–water partition coefficient (Wildman–Crippen LogP) is 0.877. The van der Waals surface area contributed by atoms with E-state index in [2.05, 4.69) is 41.9 Å². The van der Waals surface area contributed by atoms with E-state index in [0.29, 0.717) is 0 Å². The van der Waals surface area contributed by atoms with E-state index < -0.39 is 0 Å². The standard InChI is InChI=1S/C13H11NS/c15-12-7-3-6-11-10-5-2-1-4-9(10)8-14-13(11)12/h1-5,7-8,13-14H,6H2. The maximum Gasteiger partial charge on any atom is 0.0835 e. The van der Waals surface area contributed by atoms with Crippen molar-refractivity contribution < 1.29 is 0 Å². The molecule has 1 N–H and O–H groups in total. The summed E-state index contributed by atoms with van der Waals surface area (Å²) in [5.74, 6) is 0. The molecule has 2 aliphatic rings. The molecule has 0 radical (unpaired) electrons. The van der Waals surface area contributed by atoms with Gasteiger partial charge < -0.3 is 5.32 Å². The summed E-state index contributed by atoms with van der Waals surface area (Å²) < 4.78 is 0. The van der Waals surface area contributed by atoms with E-state index in [1.807, 2.05) is 6.08 Å². The van der Waals surface area contributed by atoms with Crippen LogP contribution in [0.2, 0.25) is 0 Å². The molecular weight excluding hydrogens is 202 g/mol. The lowest BCUT2D eigenvalue weighted by atomic mass is 9.91. The summed E-state index contributed by atoms with van der Waals surface area (Å²) in [6.45, 7) is 0. The third-order valence-electron chi connectivity index (χ3n) is 2.97. The van der Waals surface area contributed by atoms with Gasteiger partial charge in [-0.1, -0.05) is 42.6 Å². The van der Waals surface area contributed by atoms with Gasteiger partial charge >= 0.3 is 0 Å². The molecule has 15 heavy (non-hydrogen) atoms. The number of nitrogens with one attached hydrogen (secondary N) is 1. The zero-order chi connectivity index (χ0) is 10.3. The molecule has 0 fully saturated rings. The van der Waals surface area contributed by atoms with Gasteiger partial charge in [-0.15, -0.1) is 0 Å². The largest absolute Gasteiger partial charge is 0.379 e. The molecule has 1 atom stereocenters. The van der Waals surface area contributed by atoms with E-state index in [9.17, 15) is 0 Å². The first-order valence-corrected chi connectivity index (χ1v) is 5.52. The van der Waals surface area contributed by atoms with Crippen molar-refractivity contribution in [2.75, 3.05) is 0 Å². The van der Waals surface area contributed by atoms with Crippen molar-refractivity contribution in [2.24, 2.45) is 0 Å². The number of rotatable bonds is 0. The summed E-state index contributed by atoms with van der Waals surface area (Å²) in [6.07, 6.45) is 7.26. The second kappa shape index (κ2) is 3.31. The summed E-state index contributed by atoms with van der Waals surface area (Å²) in [5, 5.41) is 5.98. The Kier molecular flexibility index (Phi) is 1.96. The van der Waals surface area contributed by atoms with Crippen LogP contribution in [0.1, 0.15) is 6.42 Å². The van der Waals surface area contributed by atoms with Crippen molar-refractivity contribution in [3.8, 4) is 0 Å². The van der Waals surface area contributed by atoms with E-state index in [1.54, 1.807) is 0 Å². The number of hydrogen-bond acceptors (Lipinski definition) is 2. The molecule has 1 unspecified atom stereocenters. The number of thiocarbonyl (C=S) groups is 1. The molecule has 1 aromatic rings. The smallest absolute Gasteiger partial charge is 0.0835 e. The lowest BCUT2D eigenvalue weighted by Crippen LogP contribution is -2.46. The summed E-state index contributed by atoms with van der Waals surface area (Å²) in [6, 6.07) is 8.70. The molecule has 1 heterocycles. The van der Waals surface area contributed by atoms with Gasteiger partial charge in [0.25, 0.3) is 0 Å². The molecule has 0 spiro atoms. The van der Waals surface area contributed by atoms with Crippen LogP contribution in [0.3, 0.4) is 0 Å². The summed E-state index contributed by atoms with van der Waals surface area (Å²) >= 11 is 5.34. The number of benzene rings is 1. The summed E-state index contributed by atoms with van der Waals surface area (Å²) in [7, 11) is 0. The van der Waals surface area contributed by atoms with Crippen LogP contribution in [0, 0.1) is 0 Å². The minimum atomic E-state index is 0.236. The topological polar surface area (TPSA) is 12.0 Å². The van der Waals surface area contributed by atoms with E-state index >= 15 is 0 Å². The Morgan fingerprint density at radius 2 is 2.13 bits per heavy atom. The first kappa shape index (κ1) is 8.86. The fraction of sp³-hybridized carbons (Fsp3) is 0.154. The lowest BCUT2D eigenvalue weighted by Gasteiger charge is -2.26. The number of allylic oxidation sites excluding steroid dienone is 1. The van der Waals surface area contributed by atoms with Gasteiger partial charge in [0, 0.05) is 11.1 Å². The second-order valence-electron chi connectivity index (χ2n) is 3.87. The zero-order valence-electron chi connectivity index (χ0n) is 8.23. The Hall–Kier alpha value is -1.41. The highest BCUT2D eigenvalue weighted by Gasteiger charge is 2.21. The van der Waals surface area contributed by atoms with Gasteiger partial charge in [-0.2, -0.15) is 0 Å². The highest BCUT2D eigenvalue weighted by atomic mass is 32.1. The second-order valence-corrected chi connectivity index (χ2v) is 4.34. The van der Waals surface area contributed by atoms with Gasteiger partial charge in [0.1, 0.15) is 0 Å². The van der Waals surface area contributed by atoms with Gasteiger partial charge in [-0.3, -0.25) is 0 Å². The third-order valence-corrected chi connectivity index (χ3v) is 3.34. The highest BCUT2D eigenvalue weighted by Crippen LogP contribution is 2.17. The molecule has 0 bridgehead atoms. The number of fused-ring (bicyclic) bond motifs is 2. The SMILES string of the molecule is S=C1C=CCC2=c3ccccc3=CNC12. The molecule has 1 aliphatic carbocycles. The summed E-state index contributed by atoms with van der Waals surface area (Å²) in [5.41, 5.74) is 1.40. The molecule has 0 saturated carbocycles. The van der Waals surface area contributed by atoms with Gasteiger partial charge in [0.05, 0.1) is 6.04 Å². The first-order valence-electron chi connectivity index (χ1n) is 5.11. The average molecular weight is 213 g/mol. The van der Waals surface area contributed by atoms with Crippen LogP contribution in [-0.4, -0.2) is 10.9 Å².